The van der Waals surface area contributed by atoms with Gasteiger partial charge in [-0.15, -0.1) is 0 Å². The Morgan fingerprint density at radius 3 is 2.56 bits per heavy atom. The van der Waals surface area contributed by atoms with Crippen LogP contribution in [0.15, 0.2) is 77.7 Å². The molecule has 9 nitrogen and oxygen atoms in total. The number of amides is 4. The number of carbonyl (C=O) groups excluding carboxylic acids is 3. The van der Waals surface area contributed by atoms with E-state index in [4.69, 9.17) is 4.98 Å². The minimum Gasteiger partial charge on any atom is -0.347 e. The molecule has 4 aromatic rings. The average molecular weight is 520 g/mol. The second-order valence-corrected chi connectivity index (χ2v) is 10.5. The number of barbiturate groups is 1. The van der Waals surface area contributed by atoms with Crippen LogP contribution in [0.25, 0.3) is 5.65 Å². The number of pyridine rings is 1. The Kier molecular flexibility index (Phi) is 5.00. The molecule has 39 heavy (non-hydrogen) atoms. The largest absolute Gasteiger partial charge is 0.347 e. The summed E-state index contributed by atoms with van der Waals surface area (Å²) in [5.74, 6) is -0.807. The number of aryl methyl sites for hydroxylation is 1. The molecule has 3 aliphatic heterocycles. The van der Waals surface area contributed by atoms with E-state index in [-0.39, 0.29) is 18.5 Å². The van der Waals surface area contributed by atoms with Crippen molar-refractivity contribution in [3.05, 3.63) is 111 Å². The molecule has 0 aliphatic carbocycles. The SMILES string of the molecule is Cc1ccc(CN2C(=O)NC(=O)[C@]3(Cc4c(nc5ccccn5c4=O)N4CCc5ccccc5[C@@H]43)C2=O)cc1. The smallest absolute Gasteiger partial charge is 0.331 e. The summed E-state index contributed by atoms with van der Waals surface area (Å²) >= 11 is 0. The van der Waals surface area contributed by atoms with Gasteiger partial charge in [0.05, 0.1) is 18.2 Å². The molecule has 1 spiro atoms. The molecule has 1 fully saturated rings. The first-order valence-electron chi connectivity index (χ1n) is 13.0. The number of anilines is 1. The van der Waals surface area contributed by atoms with E-state index in [2.05, 4.69) is 5.32 Å². The zero-order valence-electron chi connectivity index (χ0n) is 21.3. The summed E-state index contributed by atoms with van der Waals surface area (Å²) in [5, 5.41) is 2.47. The molecule has 0 unspecified atom stereocenters. The lowest BCUT2D eigenvalue weighted by Gasteiger charge is -2.53. The van der Waals surface area contributed by atoms with Crippen molar-refractivity contribution in [2.45, 2.75) is 32.4 Å². The molecule has 4 amide bonds. The Bertz CT molecular complexity index is 1760. The van der Waals surface area contributed by atoms with E-state index in [1.54, 1.807) is 18.3 Å². The second kappa shape index (κ2) is 8.36. The lowest BCUT2D eigenvalue weighted by Crippen LogP contribution is -2.70. The van der Waals surface area contributed by atoms with E-state index in [0.29, 0.717) is 30.0 Å². The molecular formula is C30H25N5O4. The van der Waals surface area contributed by atoms with Crippen LogP contribution in [0.3, 0.4) is 0 Å². The van der Waals surface area contributed by atoms with Crippen molar-refractivity contribution >= 4 is 29.3 Å². The van der Waals surface area contributed by atoms with Gasteiger partial charge in [0.25, 0.3) is 5.56 Å². The number of urea groups is 1. The zero-order valence-corrected chi connectivity index (χ0v) is 21.3. The number of fused-ring (bicyclic) bond motifs is 7. The minimum atomic E-state index is -1.73. The Balaban J connectivity index is 1.45. The lowest BCUT2D eigenvalue weighted by atomic mass is 9.65. The fourth-order valence-electron chi connectivity index (χ4n) is 6.33. The second-order valence-electron chi connectivity index (χ2n) is 10.5. The van der Waals surface area contributed by atoms with Crippen LogP contribution in [0.1, 0.15) is 33.9 Å². The minimum absolute atomic E-state index is 0.0101. The first kappa shape index (κ1) is 23.3. The van der Waals surface area contributed by atoms with Gasteiger partial charge in [-0.25, -0.2) is 9.78 Å². The zero-order chi connectivity index (χ0) is 26.9. The van der Waals surface area contributed by atoms with Crippen molar-refractivity contribution < 1.29 is 14.4 Å². The fourth-order valence-corrected chi connectivity index (χ4v) is 6.33. The molecule has 2 atom stereocenters. The van der Waals surface area contributed by atoms with Crippen molar-refractivity contribution in [2.75, 3.05) is 11.4 Å². The molecule has 2 aromatic heterocycles. The normalized spacial score (nSPS) is 22.0. The third-order valence-electron chi connectivity index (χ3n) is 8.24. The molecule has 1 saturated heterocycles. The van der Waals surface area contributed by atoms with Crippen molar-refractivity contribution in [3.63, 3.8) is 0 Å². The molecule has 0 bridgehead atoms. The van der Waals surface area contributed by atoms with Gasteiger partial charge in [0, 0.05) is 19.2 Å². The highest BCUT2D eigenvalue weighted by molar-refractivity contribution is 6.20. The maximum atomic E-state index is 14.5. The predicted molar refractivity (Wildman–Crippen MR) is 143 cm³/mol. The maximum Gasteiger partial charge on any atom is 0.331 e. The highest BCUT2D eigenvalue weighted by Crippen LogP contribution is 2.52. The predicted octanol–water partition coefficient (Wildman–Crippen LogP) is 2.93. The van der Waals surface area contributed by atoms with E-state index in [1.165, 1.54) is 4.40 Å². The van der Waals surface area contributed by atoms with E-state index in [9.17, 15) is 19.2 Å². The van der Waals surface area contributed by atoms with Gasteiger partial charge < -0.3 is 4.90 Å². The third kappa shape index (κ3) is 3.29. The Hall–Kier alpha value is -4.79. The highest BCUT2D eigenvalue weighted by Gasteiger charge is 2.64. The summed E-state index contributed by atoms with van der Waals surface area (Å²) in [4.78, 5) is 63.2. The van der Waals surface area contributed by atoms with Gasteiger partial charge in [-0.1, -0.05) is 60.2 Å². The average Bonchev–Trinajstić information content (AvgIpc) is 2.95. The van der Waals surface area contributed by atoms with Crippen molar-refractivity contribution in [1.29, 1.82) is 0 Å². The molecule has 1 N–H and O–H groups in total. The molecule has 5 heterocycles. The Labute approximate surface area is 223 Å². The van der Waals surface area contributed by atoms with Gasteiger partial charge in [-0.05, 0) is 42.2 Å². The molecule has 3 aliphatic rings. The molecule has 0 radical (unpaired) electrons. The monoisotopic (exact) mass is 519 g/mol. The highest BCUT2D eigenvalue weighted by atomic mass is 16.2. The van der Waals surface area contributed by atoms with Crippen LogP contribution < -0.4 is 15.8 Å². The van der Waals surface area contributed by atoms with Crippen LogP contribution in [0.4, 0.5) is 10.6 Å². The standard InChI is InChI=1S/C30H25N5O4/c1-18-9-11-19(12-10-18)17-35-28(38)30(27(37)32-29(35)39)16-22-25(31-23-8-4-5-14-33(23)26(22)36)34-15-13-20-6-2-3-7-21(20)24(30)34/h2-12,14,24H,13,15-17H2,1H3,(H,32,37,39)/t24-,30-/m1/s1. The van der Waals surface area contributed by atoms with Gasteiger partial charge in [-0.3, -0.25) is 29.0 Å². The first-order chi connectivity index (χ1) is 18.9. The van der Waals surface area contributed by atoms with Crippen molar-refractivity contribution in [3.8, 4) is 0 Å². The lowest BCUT2D eigenvalue weighted by molar-refractivity contribution is -0.154. The third-order valence-corrected chi connectivity index (χ3v) is 8.24. The Morgan fingerprint density at radius 1 is 0.974 bits per heavy atom. The number of nitrogens with one attached hydrogen (secondary N) is 1. The van der Waals surface area contributed by atoms with Crippen LogP contribution in [-0.4, -0.2) is 38.7 Å². The number of nitrogens with zero attached hydrogens (tertiary/aromatic N) is 4. The summed E-state index contributed by atoms with van der Waals surface area (Å²) in [5.41, 5.74) is 2.41. The topological polar surface area (TPSA) is 104 Å². The summed E-state index contributed by atoms with van der Waals surface area (Å²) < 4.78 is 1.44. The van der Waals surface area contributed by atoms with Gasteiger partial charge >= 0.3 is 6.03 Å². The number of benzene rings is 2. The van der Waals surface area contributed by atoms with E-state index >= 15 is 0 Å². The van der Waals surface area contributed by atoms with Gasteiger partial charge in [0.15, 0.2) is 5.41 Å². The maximum absolute atomic E-state index is 14.5. The molecule has 194 valence electrons. The van der Waals surface area contributed by atoms with Gasteiger partial charge in [0.1, 0.15) is 11.5 Å². The van der Waals surface area contributed by atoms with Crippen LogP contribution in [0.2, 0.25) is 0 Å². The number of hydrogen-bond acceptors (Lipinski definition) is 6. The van der Waals surface area contributed by atoms with Gasteiger partial charge in [-0.2, -0.15) is 0 Å². The van der Waals surface area contributed by atoms with E-state index in [0.717, 1.165) is 27.2 Å². The van der Waals surface area contributed by atoms with Gasteiger partial charge in [0.2, 0.25) is 11.8 Å². The molecule has 9 heteroatoms. The summed E-state index contributed by atoms with van der Waals surface area (Å²) in [7, 11) is 0. The first-order valence-corrected chi connectivity index (χ1v) is 13.0. The summed E-state index contributed by atoms with van der Waals surface area (Å²) in [6.07, 6.45) is 2.13. The van der Waals surface area contributed by atoms with Crippen molar-refractivity contribution in [2.24, 2.45) is 5.41 Å². The summed E-state index contributed by atoms with van der Waals surface area (Å²) in [6, 6.07) is 19.1. The van der Waals surface area contributed by atoms with E-state index < -0.39 is 29.3 Å². The molecule has 2 aromatic carbocycles. The van der Waals surface area contributed by atoms with Crippen LogP contribution >= 0.6 is 0 Å². The molecule has 7 rings (SSSR count). The summed E-state index contributed by atoms with van der Waals surface area (Å²) in [6.45, 7) is 2.44. The number of rotatable bonds is 2. The van der Waals surface area contributed by atoms with Crippen LogP contribution in [0, 0.1) is 12.3 Å². The number of hydrogen-bond donors (Lipinski definition) is 1. The van der Waals surface area contributed by atoms with E-state index in [1.807, 2.05) is 66.4 Å². The Morgan fingerprint density at radius 2 is 1.74 bits per heavy atom. The van der Waals surface area contributed by atoms with Crippen LogP contribution in [0.5, 0.6) is 0 Å². The fraction of sp³-hybridized carbons (Fsp3) is 0.233. The number of carbonyl (C=O) groups is 3. The number of imide groups is 2. The number of aromatic nitrogens is 2. The quantitative estimate of drug-likeness (QED) is 0.409. The molecule has 0 saturated carbocycles. The van der Waals surface area contributed by atoms with Crippen LogP contribution in [-0.2, 0) is 29.0 Å². The van der Waals surface area contributed by atoms with Crippen molar-refractivity contribution in [1.82, 2.24) is 19.6 Å². The molecular weight excluding hydrogens is 494 g/mol.